The van der Waals surface area contributed by atoms with E-state index in [0.29, 0.717) is 5.01 Å². The van der Waals surface area contributed by atoms with E-state index in [2.05, 4.69) is 20.7 Å². The molecule has 0 atom stereocenters. The third-order valence-corrected chi connectivity index (χ3v) is 3.82. The first-order valence-corrected chi connectivity index (χ1v) is 7.23. The minimum atomic E-state index is -0.337. The molecule has 3 rings (SSSR count). The molecule has 2 aromatic heterocycles. The first kappa shape index (κ1) is 14.2. The molecule has 22 heavy (non-hydrogen) atoms. The highest BCUT2D eigenvalue weighted by atomic mass is 32.1. The van der Waals surface area contributed by atoms with Gasteiger partial charge in [0, 0.05) is 11.6 Å². The topological polar surface area (TPSA) is 90.1 Å². The molecule has 0 aliphatic carbocycles. The highest BCUT2D eigenvalue weighted by Gasteiger charge is 2.12. The van der Waals surface area contributed by atoms with E-state index in [1.807, 2.05) is 24.3 Å². The molecule has 0 saturated carbocycles. The Morgan fingerprint density at radius 3 is 3.05 bits per heavy atom. The van der Waals surface area contributed by atoms with Crippen molar-refractivity contribution in [2.75, 3.05) is 7.11 Å². The van der Waals surface area contributed by atoms with Gasteiger partial charge in [0.1, 0.15) is 15.8 Å². The van der Waals surface area contributed by atoms with Crippen LogP contribution in [0.1, 0.15) is 15.6 Å². The summed E-state index contributed by atoms with van der Waals surface area (Å²) in [5.41, 5.74) is 0.921. The molecule has 0 fully saturated rings. The lowest BCUT2D eigenvalue weighted by Crippen LogP contribution is -2.22. The zero-order chi connectivity index (χ0) is 15.4. The summed E-state index contributed by atoms with van der Waals surface area (Å²) in [6.07, 6.45) is 1.42. The Balaban J connectivity index is 1.67. The summed E-state index contributed by atoms with van der Waals surface area (Å²) in [4.78, 5) is 11.7. The van der Waals surface area contributed by atoms with Gasteiger partial charge in [-0.3, -0.25) is 4.79 Å². The minimum Gasteiger partial charge on any atom is -0.497 e. The van der Waals surface area contributed by atoms with Gasteiger partial charge in [0.15, 0.2) is 0 Å². The van der Waals surface area contributed by atoms with Crippen LogP contribution >= 0.6 is 11.3 Å². The minimum absolute atomic E-state index is 0.164. The van der Waals surface area contributed by atoms with Gasteiger partial charge in [0.25, 0.3) is 5.91 Å². The summed E-state index contributed by atoms with van der Waals surface area (Å²) in [6.45, 7) is 0.279. The summed E-state index contributed by atoms with van der Waals surface area (Å²) in [5, 5.41) is 15.8. The molecule has 112 valence electrons. The largest absolute Gasteiger partial charge is 0.497 e. The van der Waals surface area contributed by atoms with Crippen molar-refractivity contribution >= 4 is 17.2 Å². The van der Waals surface area contributed by atoms with Crippen molar-refractivity contribution in [3.05, 3.63) is 47.3 Å². The molecule has 0 unspecified atom stereocenters. The predicted molar refractivity (Wildman–Crippen MR) is 79.6 cm³/mol. The maximum atomic E-state index is 11.7. The molecule has 0 saturated heterocycles. The molecule has 0 bridgehead atoms. The van der Waals surface area contributed by atoms with Crippen LogP contribution in [0.15, 0.2) is 41.1 Å². The third kappa shape index (κ3) is 3.12. The molecule has 3 aromatic rings. The number of rotatable bonds is 5. The number of ether oxygens (including phenoxy) is 1. The predicted octanol–water partition coefficient (Wildman–Crippen LogP) is 2.13. The molecule has 8 heteroatoms. The Labute approximate surface area is 129 Å². The van der Waals surface area contributed by atoms with Crippen LogP contribution in [0.25, 0.3) is 10.6 Å². The number of hydrogen-bond donors (Lipinski definition) is 1. The van der Waals surface area contributed by atoms with Crippen molar-refractivity contribution in [2.45, 2.75) is 6.54 Å². The maximum Gasteiger partial charge on any atom is 0.290 e. The quantitative estimate of drug-likeness (QED) is 0.775. The van der Waals surface area contributed by atoms with Crippen LogP contribution < -0.4 is 10.1 Å². The van der Waals surface area contributed by atoms with Crippen molar-refractivity contribution in [1.82, 2.24) is 20.7 Å². The zero-order valence-corrected chi connectivity index (χ0v) is 12.5. The summed E-state index contributed by atoms with van der Waals surface area (Å²) in [7, 11) is 1.61. The number of carbonyl (C=O) groups excluding carboxylic acids is 1. The monoisotopic (exact) mass is 316 g/mol. The van der Waals surface area contributed by atoms with Crippen LogP contribution in [0.2, 0.25) is 0 Å². The molecule has 0 spiro atoms. The summed E-state index contributed by atoms with van der Waals surface area (Å²) >= 11 is 1.41. The van der Waals surface area contributed by atoms with Crippen molar-refractivity contribution in [3.63, 3.8) is 0 Å². The molecule has 1 aromatic carbocycles. The third-order valence-electron chi connectivity index (χ3n) is 2.85. The van der Waals surface area contributed by atoms with E-state index in [-0.39, 0.29) is 18.2 Å². The van der Waals surface area contributed by atoms with Crippen LogP contribution in [0.3, 0.4) is 0 Å². The summed E-state index contributed by atoms with van der Waals surface area (Å²) in [5.74, 6) is 0.584. The fourth-order valence-electron chi connectivity index (χ4n) is 1.77. The lowest BCUT2D eigenvalue weighted by atomic mass is 10.2. The number of methoxy groups -OCH3 is 1. The first-order valence-electron chi connectivity index (χ1n) is 6.42. The normalized spacial score (nSPS) is 10.4. The van der Waals surface area contributed by atoms with Crippen LogP contribution in [0.5, 0.6) is 5.75 Å². The van der Waals surface area contributed by atoms with Crippen LogP contribution in [0, 0.1) is 0 Å². The van der Waals surface area contributed by atoms with Crippen LogP contribution in [-0.2, 0) is 6.54 Å². The Morgan fingerprint density at radius 1 is 1.36 bits per heavy atom. The molecular formula is C14H12N4O3S. The molecule has 7 nitrogen and oxygen atoms in total. The van der Waals surface area contributed by atoms with Crippen molar-refractivity contribution in [2.24, 2.45) is 0 Å². The molecule has 2 heterocycles. The molecule has 0 aliphatic heterocycles. The fraction of sp³-hybridized carbons (Fsp3) is 0.143. The lowest BCUT2D eigenvalue weighted by Gasteiger charge is -2.00. The van der Waals surface area contributed by atoms with E-state index in [9.17, 15) is 4.79 Å². The van der Waals surface area contributed by atoms with Gasteiger partial charge in [-0.05, 0) is 12.1 Å². The SMILES string of the molecule is COc1cccc(-c2nnc(CNC(=O)c3ccno3)s2)c1. The van der Waals surface area contributed by atoms with E-state index in [4.69, 9.17) is 9.26 Å². The van der Waals surface area contributed by atoms with Crippen LogP contribution in [0.4, 0.5) is 0 Å². The number of hydrogen-bond acceptors (Lipinski definition) is 7. The van der Waals surface area contributed by atoms with Crippen molar-refractivity contribution < 1.29 is 14.1 Å². The highest BCUT2D eigenvalue weighted by molar-refractivity contribution is 7.14. The molecular weight excluding hydrogens is 304 g/mol. The van der Waals surface area contributed by atoms with E-state index in [1.165, 1.54) is 23.6 Å². The first-order chi connectivity index (χ1) is 10.8. The summed E-state index contributed by atoms with van der Waals surface area (Å²) < 4.78 is 9.96. The van der Waals surface area contributed by atoms with E-state index in [0.717, 1.165) is 16.3 Å². The van der Waals surface area contributed by atoms with Gasteiger partial charge >= 0.3 is 0 Å². The van der Waals surface area contributed by atoms with Gasteiger partial charge in [-0.2, -0.15) is 0 Å². The van der Waals surface area contributed by atoms with Gasteiger partial charge in [0.05, 0.1) is 19.9 Å². The van der Waals surface area contributed by atoms with E-state index < -0.39 is 0 Å². The van der Waals surface area contributed by atoms with Crippen molar-refractivity contribution in [3.8, 4) is 16.3 Å². The lowest BCUT2D eigenvalue weighted by molar-refractivity contribution is 0.0914. The number of carbonyl (C=O) groups is 1. The van der Waals surface area contributed by atoms with Gasteiger partial charge < -0.3 is 14.6 Å². The Hall–Kier alpha value is -2.74. The number of nitrogens with one attached hydrogen (secondary N) is 1. The molecule has 1 amide bonds. The zero-order valence-electron chi connectivity index (χ0n) is 11.6. The van der Waals surface area contributed by atoms with Gasteiger partial charge in [-0.1, -0.05) is 28.6 Å². The standard InChI is InChI=1S/C14H12N4O3S/c1-20-10-4-2-3-9(7-10)14-18-17-12(22-14)8-15-13(19)11-5-6-16-21-11/h2-7H,8H2,1H3,(H,15,19). The van der Waals surface area contributed by atoms with Crippen molar-refractivity contribution in [1.29, 1.82) is 0 Å². The average molecular weight is 316 g/mol. The number of amides is 1. The smallest absolute Gasteiger partial charge is 0.290 e. The Bertz CT molecular complexity index is 770. The molecule has 1 N–H and O–H groups in total. The molecule has 0 radical (unpaired) electrons. The van der Waals surface area contributed by atoms with Gasteiger partial charge in [0.2, 0.25) is 5.76 Å². The van der Waals surface area contributed by atoms with Gasteiger partial charge in [-0.25, -0.2) is 0 Å². The number of benzene rings is 1. The second-order valence-electron chi connectivity index (χ2n) is 4.29. The van der Waals surface area contributed by atoms with Gasteiger partial charge in [-0.15, -0.1) is 10.2 Å². The second-order valence-corrected chi connectivity index (χ2v) is 5.35. The fourth-order valence-corrected chi connectivity index (χ4v) is 2.55. The Kier molecular flexibility index (Phi) is 4.10. The Morgan fingerprint density at radius 2 is 2.27 bits per heavy atom. The average Bonchev–Trinajstić information content (AvgIpc) is 3.24. The number of nitrogens with zero attached hydrogens (tertiary/aromatic N) is 3. The van der Waals surface area contributed by atoms with Crippen LogP contribution in [-0.4, -0.2) is 28.4 Å². The highest BCUT2D eigenvalue weighted by Crippen LogP contribution is 2.26. The molecule has 0 aliphatic rings. The second kappa shape index (κ2) is 6.35. The van der Waals surface area contributed by atoms with E-state index in [1.54, 1.807) is 7.11 Å². The van der Waals surface area contributed by atoms with E-state index >= 15 is 0 Å². The summed E-state index contributed by atoms with van der Waals surface area (Å²) in [6, 6.07) is 9.07. The maximum absolute atomic E-state index is 11.7. The number of aromatic nitrogens is 3.